The molecule has 0 aliphatic carbocycles. The van der Waals surface area contributed by atoms with Crippen molar-refractivity contribution in [2.75, 3.05) is 58.3 Å². The molecule has 1 aliphatic rings. The van der Waals surface area contributed by atoms with Gasteiger partial charge in [0.2, 0.25) is 11.8 Å². The van der Waals surface area contributed by atoms with E-state index in [1.165, 1.54) is 29.2 Å². The van der Waals surface area contributed by atoms with Crippen molar-refractivity contribution in [1.29, 1.82) is 0 Å². The number of ether oxygens (including phenoxy) is 1. The second kappa shape index (κ2) is 11.7. The summed E-state index contributed by atoms with van der Waals surface area (Å²) in [6.45, 7) is 4.39. The Labute approximate surface area is 196 Å². The number of hydrogen-bond acceptors (Lipinski definition) is 7. The first-order valence-corrected chi connectivity index (χ1v) is 11.6. The van der Waals surface area contributed by atoms with E-state index in [0.717, 1.165) is 0 Å². The lowest BCUT2D eigenvalue weighted by Crippen LogP contribution is -2.50. The Hall–Kier alpha value is -3.05. The Bertz CT molecular complexity index is 977. The van der Waals surface area contributed by atoms with Crippen LogP contribution in [0.15, 0.2) is 29.6 Å². The number of nitrogens with one attached hydrogen (secondary N) is 1. The van der Waals surface area contributed by atoms with Gasteiger partial charge in [-0.1, -0.05) is 12.1 Å². The summed E-state index contributed by atoms with van der Waals surface area (Å²) in [5.41, 5.74) is 0.495. The Morgan fingerprint density at radius 3 is 2.52 bits per heavy atom. The van der Waals surface area contributed by atoms with Gasteiger partial charge in [-0.2, -0.15) is 0 Å². The molecule has 0 saturated carbocycles. The molecule has 3 amide bonds. The summed E-state index contributed by atoms with van der Waals surface area (Å²) in [6, 6.07) is 6.22. The molecule has 1 aromatic heterocycles. The number of halogens is 1. The number of methoxy groups -OCH3 is 1. The maximum absolute atomic E-state index is 13.9. The number of anilines is 2. The number of rotatable bonds is 9. The number of benzene rings is 1. The van der Waals surface area contributed by atoms with Crippen LogP contribution in [0.2, 0.25) is 0 Å². The maximum atomic E-state index is 13.9. The van der Waals surface area contributed by atoms with E-state index in [1.54, 1.807) is 40.5 Å². The van der Waals surface area contributed by atoms with Gasteiger partial charge in [-0.15, -0.1) is 11.3 Å². The lowest BCUT2D eigenvalue weighted by Gasteiger charge is -2.34. The van der Waals surface area contributed by atoms with Crippen molar-refractivity contribution in [2.24, 2.45) is 0 Å². The first-order chi connectivity index (χ1) is 15.9. The normalized spacial score (nSPS) is 13.7. The highest BCUT2D eigenvalue weighted by molar-refractivity contribution is 7.14. The molecule has 9 nitrogen and oxygen atoms in total. The van der Waals surface area contributed by atoms with Gasteiger partial charge in [0.1, 0.15) is 11.5 Å². The molecule has 1 aromatic carbocycles. The zero-order valence-electron chi connectivity index (χ0n) is 18.8. The van der Waals surface area contributed by atoms with Crippen LogP contribution in [0.3, 0.4) is 0 Å². The van der Waals surface area contributed by atoms with E-state index >= 15 is 0 Å². The van der Waals surface area contributed by atoms with E-state index in [2.05, 4.69) is 10.3 Å². The molecule has 1 aliphatic heterocycles. The summed E-state index contributed by atoms with van der Waals surface area (Å²) in [6.07, 6.45) is 0.167. The highest BCUT2D eigenvalue weighted by atomic mass is 32.1. The molecular weight excluding hydrogens is 449 g/mol. The number of carbonyl (C=O) groups is 3. The number of thiazole rings is 1. The second-order valence-corrected chi connectivity index (χ2v) is 8.42. The van der Waals surface area contributed by atoms with Crippen molar-refractivity contribution in [3.8, 4) is 0 Å². The third-order valence-corrected chi connectivity index (χ3v) is 6.12. The number of hydrogen-bond donors (Lipinski definition) is 1. The van der Waals surface area contributed by atoms with Crippen LogP contribution in [-0.2, 0) is 14.3 Å². The van der Waals surface area contributed by atoms with Crippen molar-refractivity contribution >= 4 is 39.9 Å². The summed E-state index contributed by atoms with van der Waals surface area (Å²) >= 11 is 1.20. The molecule has 11 heteroatoms. The molecule has 2 aromatic rings. The fourth-order valence-electron chi connectivity index (χ4n) is 3.44. The molecule has 178 valence electrons. The summed E-state index contributed by atoms with van der Waals surface area (Å²) in [5.74, 6) is -0.789. The van der Waals surface area contributed by atoms with Crippen LogP contribution in [0.4, 0.5) is 15.2 Å². The van der Waals surface area contributed by atoms with E-state index in [9.17, 15) is 18.8 Å². The van der Waals surface area contributed by atoms with Crippen molar-refractivity contribution in [1.82, 2.24) is 19.7 Å². The SMILES string of the molecule is COCCN(CCC(=O)N1CCN(C(C)=O)CC1)C(=O)c1csc(Nc2ccccc2F)n1. The monoisotopic (exact) mass is 477 g/mol. The standard InChI is InChI=1S/C22H28FN5O4S/c1-16(29)26-9-11-27(12-10-26)20(30)7-8-28(13-14-32-2)21(31)19-15-33-22(25-19)24-18-6-4-3-5-17(18)23/h3-6,15H,7-14H2,1-2H3,(H,24,25). The lowest BCUT2D eigenvalue weighted by molar-refractivity contribution is -0.138. The van der Waals surface area contributed by atoms with Crippen molar-refractivity contribution in [3.05, 3.63) is 41.2 Å². The molecule has 0 radical (unpaired) electrons. The number of para-hydroxylation sites is 1. The van der Waals surface area contributed by atoms with Gasteiger partial charge in [0.15, 0.2) is 5.13 Å². The zero-order chi connectivity index (χ0) is 23.8. The summed E-state index contributed by atoms with van der Waals surface area (Å²) < 4.78 is 19.0. The third-order valence-electron chi connectivity index (χ3n) is 5.36. The largest absolute Gasteiger partial charge is 0.383 e. The van der Waals surface area contributed by atoms with Gasteiger partial charge in [-0.05, 0) is 12.1 Å². The summed E-state index contributed by atoms with van der Waals surface area (Å²) in [5, 5.41) is 4.89. The zero-order valence-corrected chi connectivity index (χ0v) is 19.6. The maximum Gasteiger partial charge on any atom is 0.273 e. The van der Waals surface area contributed by atoms with Crippen molar-refractivity contribution in [3.63, 3.8) is 0 Å². The van der Waals surface area contributed by atoms with E-state index in [-0.39, 0.29) is 42.1 Å². The van der Waals surface area contributed by atoms with E-state index in [0.29, 0.717) is 44.5 Å². The first kappa shape index (κ1) is 24.6. The molecule has 1 N–H and O–H groups in total. The molecule has 0 spiro atoms. The fourth-order valence-corrected chi connectivity index (χ4v) is 4.14. The average Bonchev–Trinajstić information content (AvgIpc) is 3.28. The van der Waals surface area contributed by atoms with E-state index in [4.69, 9.17) is 4.74 Å². The van der Waals surface area contributed by atoms with Crippen LogP contribution in [0.5, 0.6) is 0 Å². The van der Waals surface area contributed by atoms with Crippen LogP contribution in [0, 0.1) is 5.82 Å². The molecule has 1 saturated heterocycles. The molecule has 0 bridgehead atoms. The van der Waals surface area contributed by atoms with Crippen molar-refractivity contribution in [2.45, 2.75) is 13.3 Å². The van der Waals surface area contributed by atoms with Gasteiger partial charge in [0.25, 0.3) is 5.91 Å². The van der Waals surface area contributed by atoms with Crippen LogP contribution < -0.4 is 5.32 Å². The van der Waals surface area contributed by atoms with Gasteiger partial charge in [0, 0.05) is 65.1 Å². The Kier molecular flexibility index (Phi) is 8.72. The minimum absolute atomic E-state index is 0.00515. The van der Waals surface area contributed by atoms with E-state index in [1.807, 2.05) is 0 Å². The second-order valence-electron chi connectivity index (χ2n) is 7.56. The van der Waals surface area contributed by atoms with Crippen LogP contribution in [-0.4, -0.2) is 90.4 Å². The Morgan fingerprint density at radius 1 is 1.15 bits per heavy atom. The van der Waals surface area contributed by atoms with E-state index < -0.39 is 5.82 Å². The average molecular weight is 478 g/mol. The molecular formula is C22H28FN5O4S. The molecule has 0 atom stereocenters. The van der Waals surface area contributed by atoms with Gasteiger partial charge >= 0.3 is 0 Å². The third kappa shape index (κ3) is 6.72. The molecule has 33 heavy (non-hydrogen) atoms. The number of aromatic nitrogens is 1. The minimum atomic E-state index is -0.412. The van der Waals surface area contributed by atoms with Gasteiger partial charge in [0.05, 0.1) is 12.3 Å². The number of nitrogens with zero attached hydrogens (tertiary/aromatic N) is 4. The van der Waals surface area contributed by atoms with Gasteiger partial charge < -0.3 is 24.8 Å². The Balaban J connectivity index is 1.58. The van der Waals surface area contributed by atoms with Gasteiger partial charge in [-0.3, -0.25) is 14.4 Å². The highest BCUT2D eigenvalue weighted by Gasteiger charge is 2.24. The lowest BCUT2D eigenvalue weighted by atomic mass is 10.2. The highest BCUT2D eigenvalue weighted by Crippen LogP contribution is 2.23. The summed E-state index contributed by atoms with van der Waals surface area (Å²) in [7, 11) is 1.54. The predicted molar refractivity (Wildman–Crippen MR) is 123 cm³/mol. The summed E-state index contributed by atoms with van der Waals surface area (Å²) in [4.78, 5) is 46.4. The van der Waals surface area contributed by atoms with Crippen LogP contribution >= 0.6 is 11.3 Å². The van der Waals surface area contributed by atoms with Gasteiger partial charge in [-0.25, -0.2) is 9.37 Å². The fraction of sp³-hybridized carbons (Fsp3) is 0.455. The molecule has 2 heterocycles. The number of piperazine rings is 1. The predicted octanol–water partition coefficient (Wildman–Crippen LogP) is 2.20. The number of carbonyl (C=O) groups excluding carboxylic acids is 3. The Morgan fingerprint density at radius 2 is 1.85 bits per heavy atom. The van der Waals surface area contributed by atoms with Crippen LogP contribution in [0.25, 0.3) is 0 Å². The molecule has 3 rings (SSSR count). The minimum Gasteiger partial charge on any atom is -0.383 e. The molecule has 1 fully saturated rings. The number of amides is 3. The topological polar surface area (TPSA) is 95.1 Å². The molecule has 0 unspecified atom stereocenters. The quantitative estimate of drug-likeness (QED) is 0.595. The smallest absolute Gasteiger partial charge is 0.273 e. The van der Waals surface area contributed by atoms with Crippen LogP contribution in [0.1, 0.15) is 23.8 Å². The van der Waals surface area contributed by atoms with Crippen molar-refractivity contribution < 1.29 is 23.5 Å². The first-order valence-electron chi connectivity index (χ1n) is 10.7.